The van der Waals surface area contributed by atoms with Crippen LogP contribution in [0.1, 0.15) is 99.8 Å². The Balaban J connectivity index is 1.48. The Hall–Kier alpha value is -0.120. The zero-order valence-corrected chi connectivity index (χ0v) is 23.5. The van der Waals surface area contributed by atoms with E-state index in [0.29, 0.717) is 40.3 Å². The van der Waals surface area contributed by atoms with E-state index in [1.807, 2.05) is 0 Å². The first-order valence-electron chi connectivity index (χ1n) is 14.3. The molecule has 0 aliphatic heterocycles. The third kappa shape index (κ3) is 2.80. The Labute approximate surface area is 205 Å². The Morgan fingerprint density at radius 2 is 1.39 bits per heavy atom. The number of aliphatic hydroxyl groups is 1. The molecule has 0 aromatic carbocycles. The van der Waals surface area contributed by atoms with Gasteiger partial charge in [0.05, 0.1) is 6.10 Å². The molecule has 5 saturated carbocycles. The molecule has 1 unspecified atom stereocenters. The summed E-state index contributed by atoms with van der Waals surface area (Å²) in [6.45, 7) is 17.6. The summed E-state index contributed by atoms with van der Waals surface area (Å²) in [6, 6.07) is 1.77. The molecule has 2 spiro atoms. The summed E-state index contributed by atoms with van der Waals surface area (Å²) < 4.78 is 0. The quantitative estimate of drug-likeness (QED) is 0.555. The highest BCUT2D eigenvalue weighted by Crippen LogP contribution is 2.89. The van der Waals surface area contributed by atoms with E-state index in [2.05, 4.69) is 79.4 Å². The fourth-order valence-corrected chi connectivity index (χ4v) is 11.7. The lowest BCUT2D eigenvalue weighted by Crippen LogP contribution is -2.60. The fraction of sp³-hybridized carbons (Fsp3) is 1.00. The lowest BCUT2D eigenvalue weighted by atomic mass is 9.41. The summed E-state index contributed by atoms with van der Waals surface area (Å²) in [6.07, 6.45) is 10.8. The van der Waals surface area contributed by atoms with E-state index in [0.717, 1.165) is 18.3 Å². The minimum absolute atomic E-state index is 0.146. The summed E-state index contributed by atoms with van der Waals surface area (Å²) in [5.41, 5.74) is 2.09. The molecule has 33 heavy (non-hydrogen) atoms. The lowest BCUT2D eigenvalue weighted by molar-refractivity contribution is -0.155. The standard InChI is InChI=1S/C30H54N2O/c1-19(2)32(10)24-13-14-29-18-30(29)16-15-27(6)25(20(3)31(8)9)21(33)17-28(27,7)23(30)12-11-22(29)26(24,4)5/h19-25,33H,11-18H2,1-10H3/t20-,21+,22-,23?,24-,25+,27+,28-,29+,30-/m0/s1. The van der Waals surface area contributed by atoms with Gasteiger partial charge in [0.15, 0.2) is 0 Å². The molecule has 5 aliphatic rings. The van der Waals surface area contributed by atoms with Crippen LogP contribution in [-0.2, 0) is 0 Å². The van der Waals surface area contributed by atoms with Crippen molar-refractivity contribution in [3.8, 4) is 0 Å². The minimum atomic E-state index is -0.146. The van der Waals surface area contributed by atoms with Gasteiger partial charge in [-0.25, -0.2) is 0 Å². The Morgan fingerprint density at radius 1 is 0.788 bits per heavy atom. The normalized spacial score (nSPS) is 53.5. The SMILES string of the molecule is CC(C)N(C)[C@H]1CC[C@]23C[C@]24CC[C@]2(C)[C@H]([C@H](C)N(C)C)[C@H](O)C[C@@]2(C)C4CC[C@H]3C1(C)C. The van der Waals surface area contributed by atoms with Crippen LogP contribution in [-0.4, -0.2) is 60.3 Å². The van der Waals surface area contributed by atoms with Gasteiger partial charge >= 0.3 is 0 Å². The van der Waals surface area contributed by atoms with Crippen molar-refractivity contribution in [3.05, 3.63) is 0 Å². The van der Waals surface area contributed by atoms with Crippen LogP contribution >= 0.6 is 0 Å². The monoisotopic (exact) mass is 458 g/mol. The predicted molar refractivity (Wildman–Crippen MR) is 138 cm³/mol. The number of aliphatic hydroxyl groups excluding tert-OH is 1. The number of rotatable bonds is 4. The number of fused-ring (bicyclic) bond motifs is 2. The van der Waals surface area contributed by atoms with Gasteiger partial charge in [0.2, 0.25) is 0 Å². The molecule has 0 radical (unpaired) electrons. The summed E-state index contributed by atoms with van der Waals surface area (Å²) in [7, 11) is 6.79. The second-order valence-electron chi connectivity index (χ2n) is 15.1. The van der Waals surface area contributed by atoms with Gasteiger partial charge in [-0.3, -0.25) is 0 Å². The van der Waals surface area contributed by atoms with Crippen molar-refractivity contribution in [2.45, 2.75) is 124 Å². The fourth-order valence-electron chi connectivity index (χ4n) is 11.7. The number of hydrogen-bond acceptors (Lipinski definition) is 3. The smallest absolute Gasteiger partial charge is 0.0594 e. The van der Waals surface area contributed by atoms with Gasteiger partial charge in [0, 0.05) is 24.0 Å². The van der Waals surface area contributed by atoms with Crippen LogP contribution in [0.4, 0.5) is 0 Å². The molecule has 0 aromatic rings. The molecule has 3 heteroatoms. The highest BCUT2D eigenvalue weighted by Gasteiger charge is 2.82. The molecule has 0 heterocycles. The predicted octanol–water partition coefficient (Wildman–Crippen LogP) is 6.06. The van der Waals surface area contributed by atoms with E-state index >= 15 is 0 Å². The Bertz CT molecular complexity index is 792. The van der Waals surface area contributed by atoms with Gasteiger partial charge in [0.25, 0.3) is 0 Å². The molecule has 5 rings (SSSR count). The topological polar surface area (TPSA) is 26.7 Å². The van der Waals surface area contributed by atoms with Crippen LogP contribution in [0.15, 0.2) is 0 Å². The highest BCUT2D eigenvalue weighted by molar-refractivity contribution is 5.31. The second kappa shape index (κ2) is 7.22. The third-order valence-electron chi connectivity index (χ3n) is 13.8. The molecule has 1 N–H and O–H groups in total. The van der Waals surface area contributed by atoms with E-state index < -0.39 is 0 Å². The average molecular weight is 459 g/mol. The van der Waals surface area contributed by atoms with Crippen molar-refractivity contribution in [2.24, 2.45) is 44.8 Å². The van der Waals surface area contributed by atoms with E-state index in [4.69, 9.17) is 0 Å². The van der Waals surface area contributed by atoms with Crippen molar-refractivity contribution < 1.29 is 5.11 Å². The van der Waals surface area contributed by atoms with Crippen LogP contribution in [0, 0.1) is 44.8 Å². The van der Waals surface area contributed by atoms with Crippen molar-refractivity contribution >= 4 is 0 Å². The van der Waals surface area contributed by atoms with Crippen LogP contribution in [0.3, 0.4) is 0 Å². The molecule has 0 aromatic heterocycles. The van der Waals surface area contributed by atoms with E-state index in [9.17, 15) is 5.11 Å². The van der Waals surface area contributed by atoms with E-state index in [1.165, 1.54) is 44.9 Å². The van der Waals surface area contributed by atoms with Crippen molar-refractivity contribution in [1.29, 1.82) is 0 Å². The van der Waals surface area contributed by atoms with Gasteiger partial charge in [-0.1, -0.05) is 27.7 Å². The largest absolute Gasteiger partial charge is 0.393 e. The highest BCUT2D eigenvalue weighted by atomic mass is 16.3. The molecule has 5 aliphatic carbocycles. The summed E-state index contributed by atoms with van der Waals surface area (Å²) in [5.74, 6) is 2.08. The van der Waals surface area contributed by atoms with Crippen LogP contribution in [0.2, 0.25) is 0 Å². The number of nitrogens with zero attached hydrogens (tertiary/aromatic N) is 2. The Kier molecular flexibility index (Phi) is 5.38. The first kappa shape index (κ1) is 24.6. The second-order valence-corrected chi connectivity index (χ2v) is 15.1. The molecule has 0 bridgehead atoms. The Morgan fingerprint density at radius 3 is 2.00 bits per heavy atom. The maximum atomic E-state index is 11.5. The van der Waals surface area contributed by atoms with Crippen molar-refractivity contribution in [2.75, 3.05) is 21.1 Å². The molecule has 190 valence electrons. The maximum absolute atomic E-state index is 11.5. The van der Waals surface area contributed by atoms with Crippen LogP contribution < -0.4 is 0 Å². The van der Waals surface area contributed by atoms with Gasteiger partial charge in [-0.05, 0) is 132 Å². The zero-order valence-electron chi connectivity index (χ0n) is 23.5. The molecule has 0 amide bonds. The van der Waals surface area contributed by atoms with Crippen LogP contribution in [0.5, 0.6) is 0 Å². The zero-order chi connectivity index (χ0) is 24.4. The van der Waals surface area contributed by atoms with Crippen molar-refractivity contribution in [3.63, 3.8) is 0 Å². The maximum Gasteiger partial charge on any atom is 0.0594 e. The van der Waals surface area contributed by atoms with Gasteiger partial charge in [-0.15, -0.1) is 0 Å². The summed E-state index contributed by atoms with van der Waals surface area (Å²) in [5, 5.41) is 11.5. The lowest BCUT2D eigenvalue weighted by Gasteiger charge is -2.64. The van der Waals surface area contributed by atoms with Crippen LogP contribution in [0.25, 0.3) is 0 Å². The first-order valence-corrected chi connectivity index (χ1v) is 14.3. The molecule has 5 fully saturated rings. The average Bonchev–Trinajstić information content (AvgIpc) is 3.32. The van der Waals surface area contributed by atoms with E-state index in [1.54, 1.807) is 0 Å². The molecule has 10 atom stereocenters. The molecule has 3 nitrogen and oxygen atoms in total. The minimum Gasteiger partial charge on any atom is -0.393 e. The van der Waals surface area contributed by atoms with Gasteiger partial charge in [-0.2, -0.15) is 0 Å². The van der Waals surface area contributed by atoms with Gasteiger partial charge in [0.1, 0.15) is 0 Å². The summed E-state index contributed by atoms with van der Waals surface area (Å²) >= 11 is 0. The first-order chi connectivity index (χ1) is 15.2. The summed E-state index contributed by atoms with van der Waals surface area (Å²) in [4.78, 5) is 5.05. The molecular weight excluding hydrogens is 404 g/mol. The van der Waals surface area contributed by atoms with Crippen molar-refractivity contribution in [1.82, 2.24) is 9.80 Å². The van der Waals surface area contributed by atoms with Gasteiger partial charge < -0.3 is 14.9 Å². The third-order valence-corrected chi connectivity index (χ3v) is 13.8. The van der Waals surface area contributed by atoms with E-state index in [-0.39, 0.29) is 16.9 Å². The molecule has 0 saturated heterocycles. The number of hydrogen-bond donors (Lipinski definition) is 1. The molecular formula is C30H54N2O.